The number of aryl methyl sites for hydroxylation is 1. The van der Waals surface area contributed by atoms with Crippen LogP contribution in [0.4, 0.5) is 0 Å². The third-order valence-corrected chi connectivity index (χ3v) is 6.31. The first-order valence-electron chi connectivity index (χ1n) is 8.23. The van der Waals surface area contributed by atoms with E-state index in [0.717, 1.165) is 47.4 Å². The van der Waals surface area contributed by atoms with Gasteiger partial charge in [-0.2, -0.15) is 11.8 Å². The van der Waals surface area contributed by atoms with Crippen molar-refractivity contribution in [2.45, 2.75) is 18.1 Å². The summed E-state index contributed by atoms with van der Waals surface area (Å²) in [7, 11) is 0. The zero-order valence-electron chi connectivity index (χ0n) is 15.0. The Morgan fingerprint density at radius 1 is 1.33 bits per heavy atom. The van der Waals surface area contributed by atoms with Gasteiger partial charge < -0.3 is 27.1 Å². The average Bonchev–Trinajstić information content (AvgIpc) is 3.29. The number of aromatic amines is 1. The standard InChI is InChI=1S/C15H24N8S4/c1-10-11(21-8-20-10)6-25-4-2-18-15(24)19-3-5-27-13(23-14(16)17)12-7-26-9-22-12/h7-9,13H,2-6H2,1H3,(H,20,21)(H4,16,17,23)(H2,18,19,24). The molecule has 12 heteroatoms. The lowest BCUT2D eigenvalue weighted by molar-refractivity contribution is 0.887. The fourth-order valence-electron chi connectivity index (χ4n) is 2.00. The van der Waals surface area contributed by atoms with Gasteiger partial charge in [0.25, 0.3) is 0 Å². The Kier molecular flexibility index (Phi) is 9.73. The zero-order chi connectivity index (χ0) is 19.5. The largest absolute Gasteiger partial charge is 0.370 e. The summed E-state index contributed by atoms with van der Waals surface area (Å²) >= 11 is 10.3. The Bertz CT molecular complexity index is 711. The fraction of sp³-hybridized carbons (Fsp3) is 0.467. The van der Waals surface area contributed by atoms with E-state index in [-0.39, 0.29) is 11.3 Å². The van der Waals surface area contributed by atoms with E-state index in [9.17, 15) is 0 Å². The number of aromatic nitrogens is 3. The minimum atomic E-state index is -0.188. The number of thioether (sulfide) groups is 2. The number of nitrogens with two attached hydrogens (primary N) is 2. The zero-order valence-corrected chi connectivity index (χ0v) is 18.2. The van der Waals surface area contributed by atoms with Gasteiger partial charge in [0, 0.05) is 41.4 Å². The van der Waals surface area contributed by atoms with Gasteiger partial charge in [-0.1, -0.05) is 0 Å². The number of hydrogen-bond acceptors (Lipinski definition) is 7. The predicted octanol–water partition coefficient (Wildman–Crippen LogP) is 1.58. The molecule has 8 nitrogen and oxygen atoms in total. The molecule has 0 radical (unpaired) electrons. The van der Waals surface area contributed by atoms with Crippen LogP contribution in [-0.2, 0) is 5.75 Å². The van der Waals surface area contributed by atoms with Gasteiger partial charge in [-0.25, -0.2) is 15.0 Å². The third kappa shape index (κ3) is 8.37. The van der Waals surface area contributed by atoms with Gasteiger partial charge >= 0.3 is 0 Å². The van der Waals surface area contributed by atoms with Crippen molar-refractivity contribution in [1.29, 1.82) is 0 Å². The van der Waals surface area contributed by atoms with E-state index in [4.69, 9.17) is 23.7 Å². The number of nitrogens with one attached hydrogen (secondary N) is 3. The van der Waals surface area contributed by atoms with Crippen molar-refractivity contribution >= 4 is 58.2 Å². The number of hydrogen-bond donors (Lipinski definition) is 5. The van der Waals surface area contributed by atoms with Gasteiger partial charge in [0.2, 0.25) is 0 Å². The molecule has 0 bridgehead atoms. The highest BCUT2D eigenvalue weighted by Gasteiger charge is 2.13. The highest BCUT2D eigenvalue weighted by molar-refractivity contribution is 7.99. The Morgan fingerprint density at radius 2 is 2.11 bits per heavy atom. The molecule has 2 rings (SSSR count). The number of rotatable bonds is 11. The second kappa shape index (κ2) is 12.1. The van der Waals surface area contributed by atoms with Crippen LogP contribution >= 0.6 is 47.1 Å². The van der Waals surface area contributed by atoms with E-state index >= 15 is 0 Å². The van der Waals surface area contributed by atoms with Crippen molar-refractivity contribution in [2.24, 2.45) is 16.5 Å². The first kappa shape index (κ1) is 21.8. The summed E-state index contributed by atoms with van der Waals surface area (Å²) in [6, 6.07) is 0. The van der Waals surface area contributed by atoms with E-state index in [1.165, 1.54) is 11.3 Å². The van der Waals surface area contributed by atoms with E-state index in [2.05, 4.69) is 30.6 Å². The molecular formula is C15H24N8S4. The molecule has 2 aromatic heterocycles. The Labute approximate surface area is 176 Å². The minimum Gasteiger partial charge on any atom is -0.370 e. The quantitative estimate of drug-likeness (QED) is 0.152. The molecule has 0 aliphatic rings. The summed E-state index contributed by atoms with van der Waals surface area (Å²) in [5.74, 6) is 2.72. The van der Waals surface area contributed by atoms with Crippen LogP contribution in [-0.4, -0.2) is 50.6 Å². The van der Waals surface area contributed by atoms with E-state index < -0.39 is 0 Å². The lowest BCUT2D eigenvalue weighted by Crippen LogP contribution is -2.37. The Hall–Kier alpha value is -1.50. The SMILES string of the molecule is Cc1[nH]cnc1CSCCNC(=S)NCCSC(N=C(N)N)c1cscn1. The Balaban J connectivity index is 1.56. The molecule has 0 fully saturated rings. The van der Waals surface area contributed by atoms with Crippen molar-refractivity contribution in [1.82, 2.24) is 25.6 Å². The summed E-state index contributed by atoms with van der Waals surface area (Å²) in [5, 5.41) is 8.82. The highest BCUT2D eigenvalue weighted by atomic mass is 32.2. The number of aliphatic imine (C=N–C) groups is 1. The van der Waals surface area contributed by atoms with E-state index in [1.54, 1.807) is 23.6 Å². The molecule has 27 heavy (non-hydrogen) atoms. The molecular weight excluding hydrogens is 420 g/mol. The van der Waals surface area contributed by atoms with Crippen LogP contribution in [0.2, 0.25) is 0 Å². The number of imidazole rings is 1. The Morgan fingerprint density at radius 3 is 2.74 bits per heavy atom. The number of H-pyrrole nitrogens is 1. The maximum Gasteiger partial charge on any atom is 0.187 e. The van der Waals surface area contributed by atoms with Crippen molar-refractivity contribution in [3.8, 4) is 0 Å². The van der Waals surface area contributed by atoms with Crippen molar-refractivity contribution < 1.29 is 0 Å². The summed E-state index contributed by atoms with van der Waals surface area (Å²) < 4.78 is 0. The van der Waals surface area contributed by atoms with Gasteiger partial charge in [-0.3, -0.25) is 0 Å². The summed E-state index contributed by atoms with van der Waals surface area (Å²) in [4.78, 5) is 15.9. The summed E-state index contributed by atoms with van der Waals surface area (Å²) in [6.07, 6.45) is 1.73. The number of guanidine groups is 1. The van der Waals surface area contributed by atoms with Crippen LogP contribution in [0.25, 0.3) is 0 Å². The average molecular weight is 445 g/mol. The van der Waals surface area contributed by atoms with Crippen molar-refractivity contribution in [2.75, 3.05) is 24.6 Å². The first-order chi connectivity index (χ1) is 13.1. The second-order valence-electron chi connectivity index (χ2n) is 5.40. The molecule has 0 aromatic carbocycles. The molecule has 2 heterocycles. The summed E-state index contributed by atoms with van der Waals surface area (Å²) in [5.41, 5.74) is 15.9. The maximum absolute atomic E-state index is 5.51. The van der Waals surface area contributed by atoms with Crippen LogP contribution in [0.5, 0.6) is 0 Å². The lowest BCUT2D eigenvalue weighted by Gasteiger charge is -2.12. The molecule has 0 saturated heterocycles. The molecule has 0 aliphatic carbocycles. The predicted molar refractivity (Wildman–Crippen MR) is 121 cm³/mol. The fourth-order valence-corrected chi connectivity index (χ4v) is 4.68. The molecule has 1 atom stereocenters. The van der Waals surface area contributed by atoms with Gasteiger partial charge in [-0.05, 0) is 19.1 Å². The highest BCUT2D eigenvalue weighted by Crippen LogP contribution is 2.29. The van der Waals surface area contributed by atoms with E-state index in [0.29, 0.717) is 5.11 Å². The van der Waals surface area contributed by atoms with Gasteiger partial charge in [0.05, 0.1) is 23.2 Å². The number of thiocarbonyl (C=S) groups is 1. The molecule has 0 aliphatic heterocycles. The molecule has 148 valence electrons. The topological polar surface area (TPSA) is 130 Å². The minimum absolute atomic E-state index is 0.0631. The molecule has 0 spiro atoms. The van der Waals surface area contributed by atoms with Crippen LogP contribution in [0.3, 0.4) is 0 Å². The molecule has 0 saturated carbocycles. The monoisotopic (exact) mass is 444 g/mol. The van der Waals surface area contributed by atoms with Crippen LogP contribution in [0.1, 0.15) is 22.5 Å². The normalized spacial score (nSPS) is 11.7. The molecule has 1 unspecified atom stereocenters. The van der Waals surface area contributed by atoms with Crippen LogP contribution in [0, 0.1) is 6.92 Å². The number of thiazole rings is 1. The van der Waals surface area contributed by atoms with Gasteiger partial charge in [0.15, 0.2) is 11.1 Å². The maximum atomic E-state index is 5.51. The van der Waals surface area contributed by atoms with Crippen molar-refractivity contribution in [3.05, 3.63) is 34.3 Å². The van der Waals surface area contributed by atoms with Gasteiger partial charge in [-0.15, -0.1) is 23.1 Å². The molecule has 7 N–H and O–H groups in total. The molecule has 2 aromatic rings. The first-order valence-corrected chi connectivity index (χ1v) is 11.8. The summed E-state index contributed by atoms with van der Waals surface area (Å²) in [6.45, 7) is 3.56. The second-order valence-corrected chi connectivity index (χ2v) is 8.82. The third-order valence-electron chi connectivity index (χ3n) is 3.34. The van der Waals surface area contributed by atoms with E-state index in [1.807, 2.05) is 24.1 Å². The smallest absolute Gasteiger partial charge is 0.187 e. The number of nitrogens with zero attached hydrogens (tertiary/aromatic N) is 3. The van der Waals surface area contributed by atoms with Crippen LogP contribution < -0.4 is 22.1 Å². The van der Waals surface area contributed by atoms with Crippen molar-refractivity contribution in [3.63, 3.8) is 0 Å². The van der Waals surface area contributed by atoms with Gasteiger partial charge in [0.1, 0.15) is 5.37 Å². The van der Waals surface area contributed by atoms with Crippen LogP contribution in [0.15, 0.2) is 22.2 Å². The lowest BCUT2D eigenvalue weighted by atomic mass is 10.4. The molecule has 0 amide bonds.